The normalized spacial score (nSPS) is 27.8. The maximum Gasteiger partial charge on any atom is 0.129 e. The van der Waals surface area contributed by atoms with Crippen LogP contribution in [0.4, 0.5) is 0 Å². The Morgan fingerprint density at radius 3 is 3.06 bits per heavy atom. The highest BCUT2D eigenvalue weighted by molar-refractivity contribution is 8.00. The molecule has 2 nitrogen and oxygen atoms in total. The lowest BCUT2D eigenvalue weighted by Crippen LogP contribution is -2.40. The lowest BCUT2D eigenvalue weighted by molar-refractivity contribution is 0.530. The summed E-state index contributed by atoms with van der Waals surface area (Å²) in [7, 11) is 0. The fourth-order valence-corrected chi connectivity index (χ4v) is 3.21. The van der Waals surface area contributed by atoms with Crippen molar-refractivity contribution in [3.63, 3.8) is 0 Å². The van der Waals surface area contributed by atoms with Crippen LogP contribution in [-0.2, 0) is 0 Å². The van der Waals surface area contributed by atoms with Crippen LogP contribution in [0.5, 0.6) is 0 Å². The fraction of sp³-hybridized carbons (Fsp3) is 0.467. The van der Waals surface area contributed by atoms with E-state index < -0.39 is 0 Å². The Bertz CT molecular complexity index is 521. The van der Waals surface area contributed by atoms with E-state index in [4.69, 9.17) is 4.42 Å². The van der Waals surface area contributed by atoms with E-state index in [9.17, 15) is 0 Å². The van der Waals surface area contributed by atoms with Crippen LogP contribution >= 0.6 is 11.8 Å². The minimum absolute atomic E-state index is 0.596. The molecular weight excluding hydrogens is 242 g/mol. The standard InChI is InChI=1S/C15H21NOS/c1-4-14-13(7-8-17-14)6-5-11(2)15-9-16-12(3)10-18-15/h4-8,12,15-16H,9-10H2,1-3H3/b11-5+,13-6-,14-4+. The first kappa shape index (κ1) is 13.5. The van der Waals surface area contributed by atoms with Crippen molar-refractivity contribution >= 4 is 23.9 Å². The molecule has 1 aliphatic heterocycles. The molecule has 0 saturated carbocycles. The molecule has 0 aromatic carbocycles. The van der Waals surface area contributed by atoms with Crippen LogP contribution in [0, 0.1) is 0 Å². The van der Waals surface area contributed by atoms with Gasteiger partial charge in [-0.3, -0.25) is 0 Å². The molecule has 1 saturated heterocycles. The van der Waals surface area contributed by atoms with Gasteiger partial charge in [0, 0.05) is 28.8 Å². The molecule has 0 aliphatic carbocycles. The van der Waals surface area contributed by atoms with Crippen LogP contribution in [0.2, 0.25) is 0 Å². The van der Waals surface area contributed by atoms with Gasteiger partial charge in [0.05, 0.1) is 6.26 Å². The Morgan fingerprint density at radius 1 is 1.56 bits per heavy atom. The van der Waals surface area contributed by atoms with Gasteiger partial charge >= 0.3 is 0 Å². The molecule has 1 aliphatic rings. The van der Waals surface area contributed by atoms with Gasteiger partial charge in [0.25, 0.3) is 0 Å². The molecule has 1 aromatic rings. The number of allylic oxidation sites excluding steroid dienone is 1. The summed E-state index contributed by atoms with van der Waals surface area (Å²) in [6.07, 6.45) is 8.09. The predicted octanol–water partition coefficient (Wildman–Crippen LogP) is 1.90. The number of thioether (sulfide) groups is 1. The summed E-state index contributed by atoms with van der Waals surface area (Å²) >= 11 is 2.04. The first-order chi connectivity index (χ1) is 8.70. The van der Waals surface area contributed by atoms with Crippen molar-refractivity contribution in [2.24, 2.45) is 0 Å². The summed E-state index contributed by atoms with van der Waals surface area (Å²) < 4.78 is 5.37. The Balaban J connectivity index is 2.12. The Morgan fingerprint density at radius 2 is 2.39 bits per heavy atom. The van der Waals surface area contributed by atoms with Gasteiger partial charge in [0.1, 0.15) is 5.42 Å². The summed E-state index contributed by atoms with van der Waals surface area (Å²) in [5.74, 6) is 1.19. The third-order valence-corrected chi connectivity index (χ3v) is 4.86. The van der Waals surface area contributed by atoms with Crippen LogP contribution in [-0.4, -0.2) is 23.6 Å². The fourth-order valence-electron chi connectivity index (χ4n) is 2.01. The highest BCUT2D eigenvalue weighted by atomic mass is 32.2. The number of rotatable bonds is 2. The molecule has 0 amide bonds. The zero-order chi connectivity index (χ0) is 13.0. The summed E-state index contributed by atoms with van der Waals surface area (Å²) in [6.45, 7) is 7.51. The van der Waals surface area contributed by atoms with Gasteiger partial charge in [-0.2, -0.15) is 11.8 Å². The van der Waals surface area contributed by atoms with E-state index in [-0.39, 0.29) is 0 Å². The van der Waals surface area contributed by atoms with Gasteiger partial charge in [-0.15, -0.1) is 0 Å². The van der Waals surface area contributed by atoms with Gasteiger partial charge in [-0.05, 0) is 32.9 Å². The minimum atomic E-state index is 0.596. The second-order valence-electron chi connectivity index (χ2n) is 4.74. The maximum atomic E-state index is 5.37. The lowest BCUT2D eigenvalue weighted by atomic mass is 10.1. The van der Waals surface area contributed by atoms with Gasteiger partial charge in [-0.25, -0.2) is 0 Å². The highest BCUT2D eigenvalue weighted by Gasteiger charge is 2.18. The molecular formula is C15H21NOS. The minimum Gasteiger partial charge on any atom is -0.465 e. The molecule has 1 N–H and O–H groups in total. The zero-order valence-corrected chi connectivity index (χ0v) is 12.1. The Hall–Kier alpha value is -0.930. The molecule has 0 spiro atoms. The summed E-state index contributed by atoms with van der Waals surface area (Å²) in [6, 6.07) is 2.64. The van der Waals surface area contributed by atoms with E-state index in [1.165, 1.54) is 11.3 Å². The molecule has 18 heavy (non-hydrogen) atoms. The van der Waals surface area contributed by atoms with Crippen LogP contribution in [0.15, 0.2) is 28.4 Å². The van der Waals surface area contributed by atoms with E-state index in [0.29, 0.717) is 11.3 Å². The Labute approximate surface area is 113 Å². The molecule has 2 heterocycles. The van der Waals surface area contributed by atoms with Crippen LogP contribution in [0.1, 0.15) is 20.8 Å². The van der Waals surface area contributed by atoms with Crippen molar-refractivity contribution in [2.45, 2.75) is 32.1 Å². The predicted molar refractivity (Wildman–Crippen MR) is 80.0 cm³/mol. The molecule has 2 rings (SSSR count). The molecule has 2 atom stereocenters. The van der Waals surface area contributed by atoms with Gasteiger partial charge in [0.2, 0.25) is 0 Å². The third kappa shape index (κ3) is 3.30. The Kier molecular flexibility index (Phi) is 4.72. The first-order valence-corrected chi connectivity index (χ1v) is 7.49. The molecule has 2 unspecified atom stereocenters. The molecule has 0 radical (unpaired) electrons. The van der Waals surface area contributed by atoms with E-state index in [1.807, 2.05) is 30.8 Å². The first-order valence-electron chi connectivity index (χ1n) is 6.44. The van der Waals surface area contributed by atoms with Crippen molar-refractivity contribution in [1.29, 1.82) is 0 Å². The van der Waals surface area contributed by atoms with E-state index in [0.717, 1.165) is 17.2 Å². The van der Waals surface area contributed by atoms with E-state index >= 15 is 0 Å². The average Bonchev–Trinajstić information content (AvgIpc) is 2.84. The summed E-state index contributed by atoms with van der Waals surface area (Å²) in [5, 5.41) is 5.28. The second-order valence-corrected chi connectivity index (χ2v) is 5.97. The highest BCUT2D eigenvalue weighted by Crippen LogP contribution is 2.22. The number of nitrogens with one attached hydrogen (secondary N) is 1. The average molecular weight is 263 g/mol. The quantitative estimate of drug-likeness (QED) is 0.882. The van der Waals surface area contributed by atoms with Crippen LogP contribution < -0.4 is 16.0 Å². The zero-order valence-electron chi connectivity index (χ0n) is 11.3. The summed E-state index contributed by atoms with van der Waals surface area (Å²) in [5.41, 5.74) is 2.37. The molecule has 1 fully saturated rings. The van der Waals surface area contributed by atoms with Gasteiger partial charge in [-0.1, -0.05) is 17.7 Å². The van der Waals surface area contributed by atoms with Gasteiger partial charge in [0.15, 0.2) is 0 Å². The topological polar surface area (TPSA) is 25.2 Å². The van der Waals surface area contributed by atoms with Crippen molar-refractivity contribution in [3.8, 4) is 0 Å². The van der Waals surface area contributed by atoms with Crippen molar-refractivity contribution < 1.29 is 4.42 Å². The molecule has 0 bridgehead atoms. The monoisotopic (exact) mass is 263 g/mol. The van der Waals surface area contributed by atoms with E-state index in [2.05, 4.69) is 31.3 Å². The SMILES string of the molecule is C/C=c1/occ/c1=C/C=C(\C)C1CNC(C)CS1. The summed E-state index contributed by atoms with van der Waals surface area (Å²) in [4.78, 5) is 0. The third-order valence-electron chi connectivity index (χ3n) is 3.22. The lowest BCUT2D eigenvalue weighted by Gasteiger charge is -2.27. The molecule has 3 heteroatoms. The molecule has 1 aromatic heterocycles. The second kappa shape index (κ2) is 6.30. The van der Waals surface area contributed by atoms with E-state index in [1.54, 1.807) is 6.26 Å². The number of hydrogen-bond acceptors (Lipinski definition) is 3. The van der Waals surface area contributed by atoms with Crippen molar-refractivity contribution in [3.05, 3.63) is 34.6 Å². The largest absolute Gasteiger partial charge is 0.465 e. The smallest absolute Gasteiger partial charge is 0.129 e. The van der Waals surface area contributed by atoms with Crippen molar-refractivity contribution in [2.75, 3.05) is 12.3 Å². The maximum absolute atomic E-state index is 5.37. The van der Waals surface area contributed by atoms with Crippen LogP contribution in [0.3, 0.4) is 0 Å². The number of hydrogen-bond donors (Lipinski definition) is 1. The van der Waals surface area contributed by atoms with Gasteiger partial charge < -0.3 is 9.73 Å². The van der Waals surface area contributed by atoms with Crippen molar-refractivity contribution in [1.82, 2.24) is 5.32 Å². The molecule has 98 valence electrons. The number of furan rings is 1. The van der Waals surface area contributed by atoms with Crippen LogP contribution in [0.25, 0.3) is 12.2 Å².